The van der Waals surface area contributed by atoms with Gasteiger partial charge in [-0.1, -0.05) is 42.5 Å². The average molecular weight is 396 g/mol. The third-order valence-corrected chi connectivity index (χ3v) is 5.24. The molecule has 2 N–H and O–H groups in total. The molecule has 0 bridgehead atoms. The van der Waals surface area contributed by atoms with Gasteiger partial charge in [0.1, 0.15) is 5.75 Å². The summed E-state index contributed by atoms with van der Waals surface area (Å²) >= 11 is 0. The lowest BCUT2D eigenvalue weighted by Crippen LogP contribution is -2.16. The Balaban J connectivity index is 1.66. The topological polar surface area (TPSA) is 84.5 Å². The number of hydrogen-bond acceptors (Lipinski definition) is 4. The number of para-hydroxylation sites is 2. The first-order valence-corrected chi connectivity index (χ1v) is 10.2. The standard InChI is InChI=1S/C21H20N2O4S/c1-27-20-10-6-5-9-19(20)22-21(24)17-11-13-18(14-12-17)23-28(25,26)15-16-7-3-2-4-8-16/h2-14,23H,15H2,1H3,(H,22,24). The number of benzene rings is 3. The van der Waals surface area contributed by atoms with Gasteiger partial charge in [0.25, 0.3) is 5.91 Å². The number of nitrogens with one attached hydrogen (secondary N) is 2. The lowest BCUT2D eigenvalue weighted by Gasteiger charge is -2.11. The molecule has 0 unspecified atom stereocenters. The van der Waals surface area contributed by atoms with Crippen LogP contribution in [0.25, 0.3) is 0 Å². The number of methoxy groups -OCH3 is 1. The molecule has 0 aliphatic carbocycles. The van der Waals surface area contributed by atoms with E-state index in [2.05, 4.69) is 10.0 Å². The minimum Gasteiger partial charge on any atom is -0.495 e. The second-order valence-corrected chi connectivity index (χ2v) is 7.80. The zero-order valence-corrected chi connectivity index (χ0v) is 16.1. The van der Waals surface area contributed by atoms with Gasteiger partial charge in [0.15, 0.2) is 0 Å². The van der Waals surface area contributed by atoms with E-state index in [9.17, 15) is 13.2 Å². The Kier molecular flexibility index (Phi) is 5.96. The van der Waals surface area contributed by atoms with Crippen molar-refractivity contribution in [2.24, 2.45) is 0 Å². The molecule has 1 amide bonds. The highest BCUT2D eigenvalue weighted by Gasteiger charge is 2.13. The third kappa shape index (κ3) is 5.11. The molecule has 0 saturated heterocycles. The van der Waals surface area contributed by atoms with E-state index in [1.165, 1.54) is 7.11 Å². The number of amides is 1. The summed E-state index contributed by atoms with van der Waals surface area (Å²) in [6, 6.07) is 22.2. The van der Waals surface area contributed by atoms with Crippen molar-refractivity contribution in [3.8, 4) is 5.75 Å². The maximum Gasteiger partial charge on any atom is 0.255 e. The molecule has 3 rings (SSSR count). The van der Waals surface area contributed by atoms with E-state index < -0.39 is 10.0 Å². The van der Waals surface area contributed by atoms with Crippen molar-refractivity contribution in [1.29, 1.82) is 0 Å². The summed E-state index contributed by atoms with van der Waals surface area (Å²) in [6.45, 7) is 0. The number of rotatable bonds is 7. The van der Waals surface area contributed by atoms with Crippen molar-refractivity contribution in [3.05, 3.63) is 90.0 Å². The molecule has 3 aromatic rings. The number of carbonyl (C=O) groups excluding carboxylic acids is 1. The molecule has 0 aromatic heterocycles. The number of carbonyl (C=O) groups is 1. The fourth-order valence-corrected chi connectivity index (χ4v) is 3.84. The quantitative estimate of drug-likeness (QED) is 0.635. The Labute approximate surface area is 164 Å². The van der Waals surface area contributed by atoms with Crippen LogP contribution in [0.2, 0.25) is 0 Å². The molecular weight excluding hydrogens is 376 g/mol. The number of ether oxygens (including phenoxy) is 1. The summed E-state index contributed by atoms with van der Waals surface area (Å²) in [5.74, 6) is 0.119. The summed E-state index contributed by atoms with van der Waals surface area (Å²) in [6.07, 6.45) is 0. The Morgan fingerprint density at radius 2 is 1.54 bits per heavy atom. The van der Waals surface area contributed by atoms with Crippen molar-refractivity contribution in [2.45, 2.75) is 5.75 Å². The van der Waals surface area contributed by atoms with Crippen LogP contribution >= 0.6 is 0 Å². The van der Waals surface area contributed by atoms with Crippen LogP contribution in [0.5, 0.6) is 5.75 Å². The van der Waals surface area contributed by atoms with Crippen molar-refractivity contribution in [3.63, 3.8) is 0 Å². The predicted octanol–water partition coefficient (Wildman–Crippen LogP) is 3.89. The third-order valence-electron chi connectivity index (χ3n) is 3.98. The van der Waals surface area contributed by atoms with Crippen LogP contribution in [-0.4, -0.2) is 21.4 Å². The average Bonchev–Trinajstić information content (AvgIpc) is 2.69. The molecule has 28 heavy (non-hydrogen) atoms. The Bertz CT molecular complexity index is 1050. The normalized spacial score (nSPS) is 10.9. The van der Waals surface area contributed by atoms with E-state index in [1.54, 1.807) is 66.7 Å². The molecular formula is C21H20N2O4S. The minimum absolute atomic E-state index is 0.121. The van der Waals surface area contributed by atoms with Gasteiger partial charge in [-0.25, -0.2) is 8.42 Å². The van der Waals surface area contributed by atoms with Crippen LogP contribution in [0.15, 0.2) is 78.9 Å². The highest BCUT2D eigenvalue weighted by Crippen LogP contribution is 2.24. The van der Waals surface area contributed by atoms with Crippen molar-refractivity contribution in [2.75, 3.05) is 17.1 Å². The van der Waals surface area contributed by atoms with Crippen molar-refractivity contribution < 1.29 is 17.9 Å². The fraction of sp³-hybridized carbons (Fsp3) is 0.0952. The van der Waals surface area contributed by atoms with Crippen LogP contribution in [0.3, 0.4) is 0 Å². The first kappa shape index (κ1) is 19.4. The first-order valence-electron chi connectivity index (χ1n) is 8.56. The van der Waals surface area contributed by atoms with E-state index in [0.717, 1.165) is 0 Å². The highest BCUT2D eigenvalue weighted by atomic mass is 32.2. The molecule has 0 aliphatic heterocycles. The molecule has 0 saturated carbocycles. The van der Waals surface area contributed by atoms with Gasteiger partial charge in [0, 0.05) is 11.3 Å². The van der Waals surface area contributed by atoms with Gasteiger partial charge >= 0.3 is 0 Å². The molecule has 7 heteroatoms. The van der Waals surface area contributed by atoms with E-state index in [0.29, 0.717) is 28.3 Å². The summed E-state index contributed by atoms with van der Waals surface area (Å²) < 4.78 is 32.3. The maximum absolute atomic E-state index is 12.4. The fourth-order valence-electron chi connectivity index (χ4n) is 2.64. The summed E-state index contributed by atoms with van der Waals surface area (Å²) in [7, 11) is -2.02. The van der Waals surface area contributed by atoms with Crippen LogP contribution in [0.4, 0.5) is 11.4 Å². The van der Waals surface area contributed by atoms with Crippen LogP contribution in [0.1, 0.15) is 15.9 Å². The van der Waals surface area contributed by atoms with Gasteiger partial charge in [-0.3, -0.25) is 9.52 Å². The van der Waals surface area contributed by atoms with Gasteiger partial charge < -0.3 is 10.1 Å². The lowest BCUT2D eigenvalue weighted by molar-refractivity contribution is 0.102. The number of sulfonamides is 1. The molecule has 3 aromatic carbocycles. The lowest BCUT2D eigenvalue weighted by atomic mass is 10.2. The van der Waals surface area contributed by atoms with E-state index in [1.807, 2.05) is 12.1 Å². The summed E-state index contributed by atoms with van der Waals surface area (Å²) in [4.78, 5) is 12.4. The molecule has 0 atom stereocenters. The van der Waals surface area contributed by atoms with Gasteiger partial charge in [0.2, 0.25) is 10.0 Å². The van der Waals surface area contributed by atoms with Crippen LogP contribution in [-0.2, 0) is 15.8 Å². The minimum atomic E-state index is -3.55. The number of hydrogen-bond donors (Lipinski definition) is 2. The predicted molar refractivity (Wildman–Crippen MR) is 110 cm³/mol. The summed E-state index contributed by atoms with van der Waals surface area (Å²) in [5, 5.41) is 2.78. The van der Waals surface area contributed by atoms with Crippen LogP contribution in [0, 0.1) is 0 Å². The SMILES string of the molecule is COc1ccccc1NC(=O)c1ccc(NS(=O)(=O)Cc2ccccc2)cc1. The molecule has 6 nitrogen and oxygen atoms in total. The Morgan fingerprint density at radius 1 is 0.893 bits per heavy atom. The van der Waals surface area contributed by atoms with Crippen molar-refractivity contribution >= 4 is 27.3 Å². The molecule has 0 heterocycles. The molecule has 0 spiro atoms. The van der Waals surface area contributed by atoms with Crippen LogP contribution < -0.4 is 14.8 Å². The van der Waals surface area contributed by atoms with Crippen molar-refractivity contribution in [1.82, 2.24) is 0 Å². The zero-order valence-electron chi connectivity index (χ0n) is 15.3. The first-order chi connectivity index (χ1) is 13.5. The van der Waals surface area contributed by atoms with Gasteiger partial charge in [-0.2, -0.15) is 0 Å². The molecule has 0 aliphatic rings. The monoisotopic (exact) mass is 396 g/mol. The van der Waals surface area contributed by atoms with Gasteiger partial charge in [-0.15, -0.1) is 0 Å². The van der Waals surface area contributed by atoms with E-state index in [-0.39, 0.29) is 11.7 Å². The van der Waals surface area contributed by atoms with E-state index >= 15 is 0 Å². The Hall–Kier alpha value is -3.32. The molecule has 0 radical (unpaired) electrons. The smallest absolute Gasteiger partial charge is 0.255 e. The largest absolute Gasteiger partial charge is 0.495 e. The maximum atomic E-state index is 12.4. The number of anilines is 2. The van der Waals surface area contributed by atoms with E-state index in [4.69, 9.17) is 4.74 Å². The molecule has 0 fully saturated rings. The second-order valence-electron chi connectivity index (χ2n) is 6.08. The Morgan fingerprint density at radius 3 is 2.21 bits per heavy atom. The highest BCUT2D eigenvalue weighted by molar-refractivity contribution is 7.91. The van der Waals surface area contributed by atoms with Gasteiger partial charge in [0.05, 0.1) is 18.6 Å². The summed E-state index contributed by atoms with van der Waals surface area (Å²) in [5.41, 5.74) is 2.05. The molecule has 144 valence electrons. The zero-order chi connectivity index (χ0) is 20.0. The van der Waals surface area contributed by atoms with Gasteiger partial charge in [-0.05, 0) is 42.0 Å². The second kappa shape index (κ2) is 8.58.